The minimum absolute atomic E-state index is 0.00693. The summed E-state index contributed by atoms with van der Waals surface area (Å²) in [5, 5.41) is 9.14. The van der Waals surface area contributed by atoms with E-state index >= 15 is 0 Å². The predicted octanol–water partition coefficient (Wildman–Crippen LogP) is 6.62. The molecule has 0 saturated heterocycles. The fourth-order valence-corrected chi connectivity index (χ4v) is 6.35. The summed E-state index contributed by atoms with van der Waals surface area (Å²) in [5.74, 6) is 0.361. The molecule has 0 amide bonds. The highest BCUT2D eigenvalue weighted by atomic mass is 79.9. The van der Waals surface area contributed by atoms with E-state index in [9.17, 15) is 14.4 Å². The van der Waals surface area contributed by atoms with Gasteiger partial charge in [0.1, 0.15) is 23.9 Å². The van der Waals surface area contributed by atoms with Gasteiger partial charge in [-0.2, -0.15) is 0 Å². The highest BCUT2D eigenvalue weighted by molar-refractivity contribution is 9.11. The first-order valence-electron chi connectivity index (χ1n) is 11.5. The van der Waals surface area contributed by atoms with E-state index in [4.69, 9.17) is 14.6 Å². The maximum Gasteiger partial charge on any atom is 0.335 e. The van der Waals surface area contributed by atoms with Crippen molar-refractivity contribution in [2.45, 2.75) is 51.0 Å². The van der Waals surface area contributed by atoms with Crippen molar-refractivity contribution in [2.24, 2.45) is 0 Å². The number of rotatable bonds is 5. The lowest BCUT2D eigenvalue weighted by Crippen LogP contribution is -2.30. The van der Waals surface area contributed by atoms with E-state index in [-0.39, 0.29) is 23.7 Å². The average Bonchev–Trinajstić information content (AvgIpc) is 2.82. The van der Waals surface area contributed by atoms with E-state index < -0.39 is 11.9 Å². The van der Waals surface area contributed by atoms with E-state index in [0.29, 0.717) is 58.6 Å². The van der Waals surface area contributed by atoms with Gasteiger partial charge in [-0.25, -0.2) is 4.79 Å². The molecule has 5 rings (SSSR count). The van der Waals surface area contributed by atoms with Crippen LogP contribution in [0.5, 0.6) is 5.75 Å². The molecule has 3 aliphatic rings. The monoisotopic (exact) mass is 600 g/mol. The topological polar surface area (TPSA) is 89.9 Å². The van der Waals surface area contributed by atoms with E-state index in [0.717, 1.165) is 28.4 Å². The fourth-order valence-electron chi connectivity index (χ4n) is 4.97. The maximum absolute atomic E-state index is 13.2. The first-order valence-corrected chi connectivity index (χ1v) is 13.1. The van der Waals surface area contributed by atoms with Crippen LogP contribution >= 0.6 is 31.9 Å². The second kappa shape index (κ2) is 9.74. The van der Waals surface area contributed by atoms with Gasteiger partial charge in [-0.05, 0) is 58.6 Å². The molecular formula is C27H22Br2O6. The second-order valence-electron chi connectivity index (χ2n) is 8.86. The molecule has 0 fully saturated rings. The van der Waals surface area contributed by atoms with Gasteiger partial charge in [0.25, 0.3) is 0 Å². The number of carboxylic acids is 1. The molecule has 2 aromatic carbocycles. The Kier molecular flexibility index (Phi) is 6.68. The number of benzene rings is 2. The molecule has 2 aromatic rings. The van der Waals surface area contributed by atoms with Gasteiger partial charge in [-0.15, -0.1) is 0 Å². The zero-order valence-electron chi connectivity index (χ0n) is 18.7. The first-order chi connectivity index (χ1) is 16.8. The van der Waals surface area contributed by atoms with Crippen LogP contribution in [0.4, 0.5) is 0 Å². The van der Waals surface area contributed by atoms with E-state index in [1.165, 1.54) is 12.1 Å². The summed E-state index contributed by atoms with van der Waals surface area (Å²) in [6.45, 7) is 0.191. The molecule has 1 heterocycles. The number of aromatic carboxylic acids is 1. The lowest BCUT2D eigenvalue weighted by molar-refractivity contribution is -0.117. The lowest BCUT2D eigenvalue weighted by Gasteiger charge is -2.36. The molecule has 0 saturated carbocycles. The summed E-state index contributed by atoms with van der Waals surface area (Å²) in [6.07, 6.45) is 3.67. The van der Waals surface area contributed by atoms with Crippen LogP contribution in [0, 0.1) is 0 Å². The molecule has 1 aliphatic heterocycles. The Balaban J connectivity index is 1.59. The molecule has 35 heavy (non-hydrogen) atoms. The van der Waals surface area contributed by atoms with Crippen molar-refractivity contribution in [3.8, 4) is 5.75 Å². The number of ether oxygens (including phenoxy) is 2. The summed E-state index contributed by atoms with van der Waals surface area (Å²) >= 11 is 7.17. The zero-order valence-corrected chi connectivity index (χ0v) is 21.9. The van der Waals surface area contributed by atoms with Crippen molar-refractivity contribution in [1.29, 1.82) is 0 Å². The van der Waals surface area contributed by atoms with Crippen LogP contribution in [0.3, 0.4) is 0 Å². The number of halogens is 2. The largest absolute Gasteiger partial charge is 0.487 e. The van der Waals surface area contributed by atoms with Crippen LogP contribution in [-0.4, -0.2) is 22.6 Å². The van der Waals surface area contributed by atoms with Gasteiger partial charge < -0.3 is 14.6 Å². The first kappa shape index (κ1) is 24.0. The zero-order chi connectivity index (χ0) is 24.7. The molecule has 0 bridgehead atoms. The summed E-state index contributed by atoms with van der Waals surface area (Å²) in [7, 11) is 0. The molecule has 2 aliphatic carbocycles. The summed E-state index contributed by atoms with van der Waals surface area (Å²) in [5.41, 5.74) is 2.84. The van der Waals surface area contributed by atoms with Gasteiger partial charge in [0.05, 0.1) is 16.0 Å². The molecule has 6 nitrogen and oxygen atoms in total. The average molecular weight is 602 g/mol. The Hall–Kier alpha value is -2.71. The van der Waals surface area contributed by atoms with Crippen molar-refractivity contribution in [2.75, 3.05) is 0 Å². The number of ketones is 2. The van der Waals surface area contributed by atoms with E-state index in [2.05, 4.69) is 31.9 Å². The molecule has 180 valence electrons. The van der Waals surface area contributed by atoms with Crippen LogP contribution in [0.15, 0.2) is 68.0 Å². The van der Waals surface area contributed by atoms with Gasteiger partial charge >= 0.3 is 5.97 Å². The number of Topliss-reactive ketones (excluding diaryl/α,β-unsaturated/α-hetero) is 2. The van der Waals surface area contributed by atoms with Gasteiger partial charge in [0.15, 0.2) is 11.6 Å². The summed E-state index contributed by atoms with van der Waals surface area (Å²) < 4.78 is 13.9. The Morgan fingerprint density at radius 3 is 2.11 bits per heavy atom. The minimum Gasteiger partial charge on any atom is -0.487 e. The van der Waals surface area contributed by atoms with Crippen molar-refractivity contribution in [3.63, 3.8) is 0 Å². The normalized spacial score (nSPS) is 18.2. The third kappa shape index (κ3) is 4.61. The summed E-state index contributed by atoms with van der Waals surface area (Å²) in [6, 6.07) is 10.3. The van der Waals surface area contributed by atoms with E-state index in [1.807, 2.05) is 12.1 Å². The quantitative estimate of drug-likeness (QED) is 0.414. The molecule has 0 spiro atoms. The van der Waals surface area contributed by atoms with Gasteiger partial charge in [0.2, 0.25) is 0 Å². The van der Waals surface area contributed by atoms with Crippen LogP contribution in [-0.2, 0) is 20.9 Å². The van der Waals surface area contributed by atoms with Gasteiger partial charge in [-0.3, -0.25) is 9.59 Å². The summed E-state index contributed by atoms with van der Waals surface area (Å²) in [4.78, 5) is 37.5. The number of carbonyl (C=O) groups is 3. The fraction of sp³-hybridized carbons (Fsp3) is 0.296. The smallest absolute Gasteiger partial charge is 0.335 e. The molecule has 8 heteroatoms. The van der Waals surface area contributed by atoms with Crippen molar-refractivity contribution >= 4 is 49.4 Å². The Morgan fingerprint density at radius 1 is 0.943 bits per heavy atom. The Bertz CT molecular complexity index is 1260. The highest BCUT2D eigenvalue weighted by Crippen LogP contribution is 2.51. The lowest BCUT2D eigenvalue weighted by atomic mass is 9.73. The van der Waals surface area contributed by atoms with Crippen LogP contribution in [0.25, 0.3) is 0 Å². The predicted molar refractivity (Wildman–Crippen MR) is 135 cm³/mol. The Morgan fingerprint density at radius 2 is 1.54 bits per heavy atom. The van der Waals surface area contributed by atoms with Crippen LogP contribution < -0.4 is 4.74 Å². The van der Waals surface area contributed by atoms with Gasteiger partial charge in [0, 0.05) is 46.9 Å². The SMILES string of the molecule is O=C1CCCC2=C1C(c1cc(Br)cc(Br)c1OCc1ccc(C(=O)O)cc1)C1=C(CCCC1=O)O2. The Labute approximate surface area is 219 Å². The molecular weight excluding hydrogens is 580 g/mol. The van der Waals surface area contributed by atoms with Crippen molar-refractivity contribution in [1.82, 2.24) is 0 Å². The molecule has 1 N–H and O–H groups in total. The van der Waals surface area contributed by atoms with Crippen molar-refractivity contribution < 1.29 is 29.0 Å². The molecule has 0 atom stereocenters. The highest BCUT2D eigenvalue weighted by Gasteiger charge is 2.43. The number of hydrogen-bond donors (Lipinski definition) is 1. The van der Waals surface area contributed by atoms with E-state index in [1.54, 1.807) is 12.1 Å². The molecule has 0 aromatic heterocycles. The number of hydrogen-bond acceptors (Lipinski definition) is 5. The number of allylic oxidation sites excluding steroid dienone is 4. The third-order valence-corrected chi connectivity index (χ3v) is 7.62. The minimum atomic E-state index is -0.989. The standard InChI is InChI=1S/C27H22Br2O6/c28-16-11-17(26(18(29)12-16)34-13-14-7-9-15(10-8-14)27(32)33)23-24-19(30)3-1-5-21(24)35-22-6-2-4-20(31)25(22)23/h7-12,23H,1-6,13H2,(H,32,33). The van der Waals surface area contributed by atoms with Crippen molar-refractivity contribution in [3.05, 3.63) is 84.7 Å². The third-order valence-electron chi connectivity index (χ3n) is 6.57. The number of carboxylic acid groups (broad SMARTS) is 1. The maximum atomic E-state index is 13.2. The second-order valence-corrected chi connectivity index (χ2v) is 10.6. The van der Waals surface area contributed by atoms with Crippen LogP contribution in [0.2, 0.25) is 0 Å². The van der Waals surface area contributed by atoms with Gasteiger partial charge in [-0.1, -0.05) is 28.1 Å². The molecule has 0 unspecified atom stereocenters. The number of carbonyl (C=O) groups excluding carboxylic acids is 2. The van der Waals surface area contributed by atoms with Crippen LogP contribution in [0.1, 0.15) is 65.9 Å². The molecule has 0 radical (unpaired) electrons.